The zero-order valence-electron chi connectivity index (χ0n) is 39.2. The van der Waals surface area contributed by atoms with E-state index in [0.29, 0.717) is 18.3 Å². The maximum absolute atomic E-state index is 12.0. The number of hydrogen-bond acceptors (Lipinski definition) is 4. The number of ether oxygens (including phenoxy) is 1. The molecule has 6 heteroatoms. The van der Waals surface area contributed by atoms with Crippen LogP contribution in [-0.4, -0.2) is 41.9 Å². The second-order valence-electron chi connectivity index (χ2n) is 20.5. The van der Waals surface area contributed by atoms with E-state index in [-0.39, 0.29) is 33.7 Å². The van der Waals surface area contributed by atoms with Crippen LogP contribution in [0.5, 0.6) is 0 Å². The molecule has 0 aliphatic heterocycles. The third kappa shape index (κ3) is 9.07. The van der Waals surface area contributed by atoms with Crippen molar-refractivity contribution in [1.29, 1.82) is 0 Å². The molecule has 0 spiro atoms. The highest BCUT2D eigenvalue weighted by Gasteiger charge is 2.55. The third-order valence-electron chi connectivity index (χ3n) is 14.8. The number of carbonyl (C=O) groups is 1. The van der Waals surface area contributed by atoms with Gasteiger partial charge in [-0.25, -0.2) is 4.79 Å². The summed E-state index contributed by atoms with van der Waals surface area (Å²) in [6.45, 7) is 26.0. The molecule has 4 nitrogen and oxygen atoms in total. The fourth-order valence-corrected chi connectivity index (χ4v) is 21.1. The van der Waals surface area contributed by atoms with E-state index in [1.807, 2.05) is 6.08 Å². The first kappa shape index (κ1) is 46.4. The molecule has 0 saturated heterocycles. The van der Waals surface area contributed by atoms with Gasteiger partial charge in [0.05, 0.1) is 19.3 Å². The van der Waals surface area contributed by atoms with Gasteiger partial charge in [-0.05, 0) is 97.7 Å². The Kier molecular flexibility index (Phi) is 13.9. The molecule has 330 valence electrons. The highest BCUT2D eigenvalue weighted by Crippen LogP contribution is 2.59. The van der Waals surface area contributed by atoms with Crippen LogP contribution in [0.1, 0.15) is 93.4 Å². The average molecular weight is 875 g/mol. The molecule has 5 atom stereocenters. The van der Waals surface area contributed by atoms with E-state index in [2.05, 4.69) is 189 Å². The molecule has 0 unspecified atom stereocenters. The molecule has 0 heterocycles. The molecule has 7 rings (SSSR count). The molecule has 3 aliphatic carbocycles. The van der Waals surface area contributed by atoms with Crippen LogP contribution in [0.2, 0.25) is 10.1 Å². The van der Waals surface area contributed by atoms with E-state index >= 15 is 0 Å². The molecule has 3 fully saturated rings. The van der Waals surface area contributed by atoms with Crippen molar-refractivity contribution in [3.05, 3.63) is 181 Å². The minimum Gasteiger partial charge on any atom is -0.466 e. The smallest absolute Gasteiger partial charge is 0.330 e. The van der Waals surface area contributed by atoms with Crippen molar-refractivity contribution in [3.63, 3.8) is 0 Å². The van der Waals surface area contributed by atoms with Crippen molar-refractivity contribution in [2.45, 2.75) is 116 Å². The van der Waals surface area contributed by atoms with Crippen LogP contribution in [0.15, 0.2) is 181 Å². The molecule has 0 radical (unpaired) electrons. The fraction of sp³-hybridized carbons (Fsp3) is 0.386. The number of carbonyl (C=O) groups excluding carboxylic acids is 1. The lowest BCUT2D eigenvalue weighted by molar-refractivity contribution is -0.134. The summed E-state index contributed by atoms with van der Waals surface area (Å²) in [6.07, 6.45) is 14.9. The van der Waals surface area contributed by atoms with Crippen LogP contribution < -0.4 is 20.7 Å². The number of esters is 1. The summed E-state index contributed by atoms with van der Waals surface area (Å²) >= 11 is 0. The Labute approximate surface area is 381 Å². The van der Waals surface area contributed by atoms with E-state index in [1.54, 1.807) is 0 Å². The summed E-state index contributed by atoms with van der Waals surface area (Å²) < 4.78 is 21.0. The van der Waals surface area contributed by atoms with Gasteiger partial charge in [0.25, 0.3) is 16.6 Å². The average Bonchev–Trinajstić information content (AvgIpc) is 3.64. The van der Waals surface area contributed by atoms with Crippen LogP contribution in [-0.2, 0) is 18.4 Å². The summed E-state index contributed by atoms with van der Waals surface area (Å²) in [5.74, 6) is 0.424. The predicted octanol–water partition coefficient (Wildman–Crippen LogP) is 11.6. The molecule has 0 amide bonds. The summed E-state index contributed by atoms with van der Waals surface area (Å²) in [5.41, 5.74) is 4.89. The van der Waals surface area contributed by atoms with E-state index in [4.69, 9.17) is 20.2 Å². The van der Waals surface area contributed by atoms with E-state index < -0.39 is 16.6 Å². The molecule has 3 aliphatic rings. The Morgan fingerprint density at radius 1 is 0.698 bits per heavy atom. The number of hydrogen-bond donors (Lipinski definition) is 0. The Bertz CT molecular complexity index is 2240. The second kappa shape index (κ2) is 18.9. The van der Waals surface area contributed by atoms with Crippen LogP contribution >= 0.6 is 0 Å². The van der Waals surface area contributed by atoms with Crippen LogP contribution in [0.4, 0.5) is 0 Å². The van der Waals surface area contributed by atoms with Gasteiger partial charge in [-0.1, -0.05) is 212 Å². The number of allylic oxidation sites excluding steroid dienone is 5. The number of rotatable bonds is 12. The third-order valence-corrected chi connectivity index (χ3v) is 24.9. The summed E-state index contributed by atoms with van der Waals surface area (Å²) in [6, 6.07) is 44.0. The highest BCUT2D eigenvalue weighted by molar-refractivity contribution is 7.00. The van der Waals surface area contributed by atoms with Crippen molar-refractivity contribution >= 4 is 43.4 Å². The van der Waals surface area contributed by atoms with Gasteiger partial charge in [0, 0.05) is 12.5 Å². The Hall–Kier alpha value is -4.60. The van der Waals surface area contributed by atoms with Gasteiger partial charge in [-0.15, -0.1) is 0 Å². The topological polar surface area (TPSA) is 44.8 Å². The lowest BCUT2D eigenvalue weighted by atomic mass is 9.62. The number of benzene rings is 4. The van der Waals surface area contributed by atoms with Gasteiger partial charge in [-0.2, -0.15) is 0 Å². The molecule has 0 aromatic heterocycles. The first-order valence-electron chi connectivity index (χ1n) is 23.2. The fourth-order valence-electron chi connectivity index (χ4n) is 11.7. The Balaban J connectivity index is 1.34. The molecule has 4 aromatic rings. The SMILES string of the molecule is C=C1/C(=C\C=C2/CCC[C@]3(C)[C@@H](C(=C)/C=C/C(=O)OC)CC[C@@H]23)C[C@@H](O[Si](c2ccccc2)(c2ccccc2)C(C)(C)C)C[C@@H]1O[Si](c1ccccc1)(c1ccccc1)C(C)(C)C. The minimum absolute atomic E-state index is 0.0769. The van der Waals surface area contributed by atoms with Crippen LogP contribution in [0.3, 0.4) is 0 Å². The van der Waals surface area contributed by atoms with Gasteiger partial charge < -0.3 is 13.6 Å². The number of methoxy groups -OCH3 is 1. The van der Waals surface area contributed by atoms with Crippen LogP contribution in [0.25, 0.3) is 0 Å². The molecule has 0 bridgehead atoms. The molecular formula is C57H70O4Si2. The summed E-state index contributed by atoms with van der Waals surface area (Å²) in [4.78, 5) is 12.0. The van der Waals surface area contributed by atoms with Crippen molar-refractivity contribution in [1.82, 2.24) is 0 Å². The molecule has 4 aromatic carbocycles. The van der Waals surface area contributed by atoms with Crippen molar-refractivity contribution in [2.24, 2.45) is 17.3 Å². The van der Waals surface area contributed by atoms with Crippen molar-refractivity contribution < 1.29 is 18.4 Å². The Morgan fingerprint density at radius 2 is 1.17 bits per heavy atom. The molecular weight excluding hydrogens is 805 g/mol. The van der Waals surface area contributed by atoms with Gasteiger partial charge in [0.2, 0.25) is 0 Å². The normalized spacial score (nSPS) is 24.7. The van der Waals surface area contributed by atoms with Gasteiger partial charge in [0.15, 0.2) is 0 Å². The lowest BCUT2D eigenvalue weighted by Gasteiger charge is -2.49. The summed E-state index contributed by atoms with van der Waals surface area (Å²) in [5, 5.41) is 4.72. The van der Waals surface area contributed by atoms with Crippen molar-refractivity contribution in [2.75, 3.05) is 7.11 Å². The monoisotopic (exact) mass is 874 g/mol. The number of fused-ring (bicyclic) bond motifs is 1. The van der Waals surface area contributed by atoms with Crippen molar-refractivity contribution in [3.8, 4) is 0 Å². The first-order valence-corrected chi connectivity index (χ1v) is 27.0. The van der Waals surface area contributed by atoms with E-state index in [0.717, 1.165) is 49.7 Å². The molecule has 0 N–H and O–H groups in total. The predicted molar refractivity (Wildman–Crippen MR) is 268 cm³/mol. The zero-order valence-corrected chi connectivity index (χ0v) is 41.2. The van der Waals surface area contributed by atoms with E-state index in [9.17, 15) is 4.79 Å². The van der Waals surface area contributed by atoms with Gasteiger partial charge in [-0.3, -0.25) is 0 Å². The largest absolute Gasteiger partial charge is 0.466 e. The van der Waals surface area contributed by atoms with Crippen LogP contribution in [0, 0.1) is 17.3 Å². The quantitative estimate of drug-likeness (QED) is 0.0616. The first-order chi connectivity index (χ1) is 30.0. The summed E-state index contributed by atoms with van der Waals surface area (Å²) in [7, 11) is -4.47. The molecule has 63 heavy (non-hydrogen) atoms. The second-order valence-corrected chi connectivity index (χ2v) is 29.1. The zero-order chi connectivity index (χ0) is 45.0. The van der Waals surface area contributed by atoms with Gasteiger partial charge in [0.1, 0.15) is 0 Å². The minimum atomic E-state index is -2.97. The van der Waals surface area contributed by atoms with Gasteiger partial charge >= 0.3 is 5.97 Å². The van der Waals surface area contributed by atoms with E-state index in [1.165, 1.54) is 45.1 Å². The maximum atomic E-state index is 12.0. The Morgan fingerprint density at radius 3 is 1.63 bits per heavy atom. The molecule has 3 saturated carbocycles. The highest BCUT2D eigenvalue weighted by atomic mass is 28.4. The standard InChI is InChI=1S/C57H70O4Si2/c1-42(33-38-54(58)59-10)51-36-37-52-44(24-23-39-57(51,52)9)34-35-45-40-46(60-62(55(3,4)5,47-25-15-11-16-26-47)48-27-17-12-18-28-48)41-53(43(45)2)61-63(56(6,7)8,49-29-19-13-20-30-49)50-31-21-14-22-32-50/h11-22,25-35,38,46,51-53H,1-2,23-24,36-37,39-41H2,3-10H3/b38-33+,44-34+,45-35-/t46-,51-,52+,53+,57-/m1/s1. The maximum Gasteiger partial charge on any atom is 0.330 e. The lowest BCUT2D eigenvalue weighted by Crippen LogP contribution is -2.69.